The first-order valence-corrected chi connectivity index (χ1v) is 7.04. The number of hydrogen-bond acceptors (Lipinski definition) is 2. The molecule has 2 aromatic carbocycles. The molecule has 0 aliphatic rings. The molecule has 0 bridgehead atoms. The van der Waals surface area contributed by atoms with Gasteiger partial charge in [-0.15, -0.1) is 0 Å². The van der Waals surface area contributed by atoms with Crippen LogP contribution in [0, 0.1) is 6.92 Å². The van der Waals surface area contributed by atoms with Crippen molar-refractivity contribution in [3.05, 3.63) is 59.2 Å². The second-order valence-electron chi connectivity index (χ2n) is 5.49. The summed E-state index contributed by atoms with van der Waals surface area (Å²) < 4.78 is 5.93. The Hall–Kier alpha value is -1.80. The van der Waals surface area contributed by atoms with E-state index in [1.807, 2.05) is 36.4 Å². The van der Waals surface area contributed by atoms with Crippen molar-refractivity contribution in [1.29, 1.82) is 0 Å². The molecule has 0 radical (unpaired) electrons. The van der Waals surface area contributed by atoms with Crippen molar-refractivity contribution >= 4 is 0 Å². The molecule has 0 unspecified atom stereocenters. The summed E-state index contributed by atoms with van der Waals surface area (Å²) in [5.41, 5.74) is 3.37. The van der Waals surface area contributed by atoms with E-state index in [1.54, 1.807) is 6.92 Å². The SMILES string of the molecule is Cc1cc(Oc2ccccc2[C@@H](C)O)ccc1C(C)C. The van der Waals surface area contributed by atoms with Crippen LogP contribution >= 0.6 is 0 Å². The maximum Gasteiger partial charge on any atom is 0.133 e. The van der Waals surface area contributed by atoms with Crippen molar-refractivity contribution < 1.29 is 9.84 Å². The number of hydrogen-bond donors (Lipinski definition) is 1. The van der Waals surface area contributed by atoms with Crippen molar-refractivity contribution in [2.24, 2.45) is 0 Å². The van der Waals surface area contributed by atoms with Gasteiger partial charge in [0.15, 0.2) is 0 Å². The Bertz CT molecular complexity index is 586. The van der Waals surface area contributed by atoms with Gasteiger partial charge in [0.25, 0.3) is 0 Å². The summed E-state index contributed by atoms with van der Waals surface area (Å²) in [5.74, 6) is 2.02. The molecule has 0 spiro atoms. The van der Waals surface area contributed by atoms with E-state index in [-0.39, 0.29) is 0 Å². The zero-order valence-corrected chi connectivity index (χ0v) is 12.6. The number of aliphatic hydroxyl groups excluding tert-OH is 1. The third kappa shape index (κ3) is 3.20. The zero-order chi connectivity index (χ0) is 14.7. The van der Waals surface area contributed by atoms with Gasteiger partial charge in [-0.3, -0.25) is 0 Å². The fraction of sp³-hybridized carbons (Fsp3) is 0.333. The highest BCUT2D eigenvalue weighted by Gasteiger charge is 2.10. The van der Waals surface area contributed by atoms with Gasteiger partial charge in [0.1, 0.15) is 11.5 Å². The third-order valence-electron chi connectivity index (χ3n) is 3.46. The molecule has 2 heteroatoms. The van der Waals surface area contributed by atoms with Crippen LogP contribution in [0.25, 0.3) is 0 Å². The number of ether oxygens (including phenoxy) is 1. The lowest BCUT2D eigenvalue weighted by Gasteiger charge is -2.15. The predicted molar refractivity (Wildman–Crippen MR) is 82.4 cm³/mol. The molecule has 1 atom stereocenters. The smallest absolute Gasteiger partial charge is 0.133 e. The molecular weight excluding hydrogens is 248 g/mol. The molecule has 0 amide bonds. The highest BCUT2D eigenvalue weighted by atomic mass is 16.5. The summed E-state index contributed by atoms with van der Waals surface area (Å²) in [7, 11) is 0. The lowest BCUT2D eigenvalue weighted by molar-refractivity contribution is 0.195. The molecule has 0 aliphatic carbocycles. The van der Waals surface area contributed by atoms with Crippen molar-refractivity contribution in [2.45, 2.75) is 39.7 Å². The molecule has 0 aromatic heterocycles. The first kappa shape index (κ1) is 14.6. The zero-order valence-electron chi connectivity index (χ0n) is 12.6. The molecule has 0 saturated carbocycles. The summed E-state index contributed by atoms with van der Waals surface area (Å²) in [5, 5.41) is 9.77. The molecule has 20 heavy (non-hydrogen) atoms. The Morgan fingerprint density at radius 3 is 2.25 bits per heavy atom. The van der Waals surface area contributed by atoms with E-state index >= 15 is 0 Å². The number of rotatable bonds is 4. The van der Waals surface area contributed by atoms with Crippen LogP contribution in [0.3, 0.4) is 0 Å². The Labute approximate surface area is 121 Å². The summed E-state index contributed by atoms with van der Waals surface area (Å²) in [6, 6.07) is 13.7. The lowest BCUT2D eigenvalue weighted by atomic mass is 9.98. The van der Waals surface area contributed by atoms with Crippen LogP contribution in [-0.2, 0) is 0 Å². The van der Waals surface area contributed by atoms with Gasteiger partial charge in [0.2, 0.25) is 0 Å². The Balaban J connectivity index is 2.29. The van der Waals surface area contributed by atoms with E-state index in [1.165, 1.54) is 11.1 Å². The minimum Gasteiger partial charge on any atom is -0.457 e. The molecule has 0 saturated heterocycles. The minimum atomic E-state index is -0.540. The largest absolute Gasteiger partial charge is 0.457 e. The highest BCUT2D eigenvalue weighted by Crippen LogP contribution is 2.31. The van der Waals surface area contributed by atoms with Crippen LogP contribution in [0.4, 0.5) is 0 Å². The molecule has 0 heterocycles. The first-order valence-electron chi connectivity index (χ1n) is 7.04. The molecule has 0 fully saturated rings. The minimum absolute atomic E-state index is 0.508. The first-order chi connectivity index (χ1) is 9.49. The Kier molecular flexibility index (Phi) is 4.46. The average Bonchev–Trinajstić information content (AvgIpc) is 2.38. The number of benzene rings is 2. The second kappa shape index (κ2) is 6.10. The molecule has 2 rings (SSSR count). The molecular formula is C18H22O2. The number of para-hydroxylation sites is 1. The van der Waals surface area contributed by atoms with E-state index in [0.29, 0.717) is 11.7 Å². The third-order valence-corrected chi connectivity index (χ3v) is 3.46. The molecule has 2 nitrogen and oxygen atoms in total. The maximum absolute atomic E-state index is 9.77. The van der Waals surface area contributed by atoms with E-state index in [0.717, 1.165) is 11.3 Å². The van der Waals surface area contributed by atoms with Crippen molar-refractivity contribution in [2.75, 3.05) is 0 Å². The summed E-state index contributed by atoms with van der Waals surface area (Å²) >= 11 is 0. The van der Waals surface area contributed by atoms with E-state index in [9.17, 15) is 5.11 Å². The van der Waals surface area contributed by atoms with Crippen LogP contribution in [0.15, 0.2) is 42.5 Å². The normalized spacial score (nSPS) is 12.5. The lowest BCUT2D eigenvalue weighted by Crippen LogP contribution is -1.97. The Morgan fingerprint density at radius 1 is 0.950 bits per heavy atom. The van der Waals surface area contributed by atoms with Gasteiger partial charge in [0.05, 0.1) is 6.10 Å². The van der Waals surface area contributed by atoms with Gasteiger partial charge in [-0.25, -0.2) is 0 Å². The van der Waals surface area contributed by atoms with E-state index in [4.69, 9.17) is 4.74 Å². The van der Waals surface area contributed by atoms with Gasteiger partial charge in [-0.2, -0.15) is 0 Å². The van der Waals surface area contributed by atoms with E-state index < -0.39 is 6.10 Å². The second-order valence-corrected chi connectivity index (χ2v) is 5.49. The summed E-state index contributed by atoms with van der Waals surface area (Å²) in [6.45, 7) is 8.22. The van der Waals surface area contributed by atoms with Gasteiger partial charge in [-0.05, 0) is 49.1 Å². The number of aliphatic hydroxyl groups is 1. The van der Waals surface area contributed by atoms with Gasteiger partial charge in [0, 0.05) is 5.56 Å². The van der Waals surface area contributed by atoms with Crippen molar-refractivity contribution in [1.82, 2.24) is 0 Å². The molecule has 0 aliphatic heterocycles. The van der Waals surface area contributed by atoms with Crippen LogP contribution in [0.5, 0.6) is 11.5 Å². The van der Waals surface area contributed by atoms with Gasteiger partial charge in [-0.1, -0.05) is 38.1 Å². The molecule has 106 valence electrons. The standard InChI is InChI=1S/C18H22O2/c1-12(2)16-10-9-15(11-13(16)3)20-18-8-6-5-7-17(18)14(4)19/h5-12,14,19H,1-4H3/t14-/m1/s1. The molecule has 2 aromatic rings. The van der Waals surface area contributed by atoms with Crippen LogP contribution in [-0.4, -0.2) is 5.11 Å². The monoisotopic (exact) mass is 270 g/mol. The van der Waals surface area contributed by atoms with Crippen LogP contribution in [0.1, 0.15) is 49.5 Å². The fourth-order valence-electron chi connectivity index (χ4n) is 2.41. The Morgan fingerprint density at radius 2 is 1.65 bits per heavy atom. The van der Waals surface area contributed by atoms with Crippen LogP contribution in [0.2, 0.25) is 0 Å². The average molecular weight is 270 g/mol. The summed E-state index contributed by atoms with van der Waals surface area (Å²) in [6.07, 6.45) is -0.540. The van der Waals surface area contributed by atoms with Crippen molar-refractivity contribution in [3.8, 4) is 11.5 Å². The highest BCUT2D eigenvalue weighted by molar-refractivity contribution is 5.42. The molecule has 1 N–H and O–H groups in total. The van der Waals surface area contributed by atoms with Gasteiger partial charge < -0.3 is 9.84 Å². The summed E-state index contributed by atoms with van der Waals surface area (Å²) in [4.78, 5) is 0. The van der Waals surface area contributed by atoms with Crippen molar-refractivity contribution in [3.63, 3.8) is 0 Å². The van der Waals surface area contributed by atoms with Gasteiger partial charge >= 0.3 is 0 Å². The maximum atomic E-state index is 9.77. The topological polar surface area (TPSA) is 29.5 Å². The van der Waals surface area contributed by atoms with E-state index in [2.05, 4.69) is 26.8 Å². The predicted octanol–water partition coefficient (Wildman–Crippen LogP) is 4.96. The van der Waals surface area contributed by atoms with Crippen LogP contribution < -0.4 is 4.74 Å². The number of aryl methyl sites for hydroxylation is 1. The fourth-order valence-corrected chi connectivity index (χ4v) is 2.41. The quantitative estimate of drug-likeness (QED) is 0.850.